The van der Waals surface area contributed by atoms with Crippen LogP contribution in [0.5, 0.6) is 5.75 Å². The Kier molecular flexibility index (Phi) is 4.71. The molecule has 2 aromatic rings. The lowest BCUT2D eigenvalue weighted by atomic mass is 10.3. The maximum atomic E-state index is 11.5. The van der Waals surface area contributed by atoms with Crippen molar-refractivity contribution in [2.75, 3.05) is 13.2 Å². The molecule has 100 valence electrons. The molecule has 0 aliphatic carbocycles. The molecule has 1 aromatic carbocycles. The van der Waals surface area contributed by atoms with Crippen LogP contribution in [0, 0.1) is 0 Å². The zero-order chi connectivity index (χ0) is 13.7. The molecular weight excluding hydrogens is 289 g/mol. The molecule has 0 unspecified atom stereocenters. The van der Waals surface area contributed by atoms with Gasteiger partial charge in [-0.25, -0.2) is 4.79 Å². The predicted molar refractivity (Wildman–Crippen MR) is 73.0 cm³/mol. The van der Waals surface area contributed by atoms with E-state index in [4.69, 9.17) is 32.7 Å². The number of halogens is 2. The monoisotopic (exact) mass is 299 g/mol. The Morgan fingerprint density at radius 2 is 2.05 bits per heavy atom. The average molecular weight is 300 g/mol. The summed E-state index contributed by atoms with van der Waals surface area (Å²) in [6.45, 7) is 0.352. The Morgan fingerprint density at radius 3 is 2.74 bits per heavy atom. The number of esters is 1. The van der Waals surface area contributed by atoms with Crippen LogP contribution in [0.3, 0.4) is 0 Å². The molecule has 0 atom stereocenters. The summed E-state index contributed by atoms with van der Waals surface area (Å²) < 4.78 is 10.4. The fourth-order valence-electron chi connectivity index (χ4n) is 1.41. The van der Waals surface area contributed by atoms with Crippen LogP contribution >= 0.6 is 23.2 Å². The molecule has 4 nitrogen and oxygen atoms in total. The van der Waals surface area contributed by atoms with Crippen molar-refractivity contribution in [2.24, 2.45) is 0 Å². The van der Waals surface area contributed by atoms with Crippen molar-refractivity contribution in [2.45, 2.75) is 0 Å². The molecule has 0 fully saturated rings. The van der Waals surface area contributed by atoms with Crippen LogP contribution in [-0.2, 0) is 4.74 Å². The molecule has 0 saturated carbocycles. The number of nitrogens with one attached hydrogen (secondary N) is 1. The van der Waals surface area contributed by atoms with Gasteiger partial charge < -0.3 is 14.5 Å². The third-order valence-electron chi connectivity index (χ3n) is 2.29. The highest BCUT2D eigenvalue weighted by atomic mass is 35.5. The summed E-state index contributed by atoms with van der Waals surface area (Å²) in [5, 5.41) is 0.957. The van der Waals surface area contributed by atoms with Crippen LogP contribution in [0.25, 0.3) is 0 Å². The highest BCUT2D eigenvalue weighted by Gasteiger charge is 2.07. The molecule has 2 rings (SSSR count). The van der Waals surface area contributed by atoms with Gasteiger partial charge in [-0.05, 0) is 30.3 Å². The average Bonchev–Trinajstić information content (AvgIpc) is 2.90. The summed E-state index contributed by atoms with van der Waals surface area (Å²) in [6, 6.07) is 8.29. The lowest BCUT2D eigenvalue weighted by Crippen LogP contribution is -2.12. The van der Waals surface area contributed by atoms with Crippen LogP contribution < -0.4 is 4.74 Å². The van der Waals surface area contributed by atoms with Crippen LogP contribution in [0.15, 0.2) is 36.5 Å². The van der Waals surface area contributed by atoms with Gasteiger partial charge in [0.15, 0.2) is 0 Å². The van der Waals surface area contributed by atoms with Gasteiger partial charge in [-0.15, -0.1) is 0 Å². The van der Waals surface area contributed by atoms with E-state index in [0.717, 1.165) is 0 Å². The van der Waals surface area contributed by atoms with E-state index in [1.807, 2.05) is 0 Å². The SMILES string of the molecule is O=C(OCCOc1ccc(Cl)cc1Cl)c1ccc[nH]1. The smallest absolute Gasteiger partial charge is 0.354 e. The van der Waals surface area contributed by atoms with E-state index in [1.54, 1.807) is 36.5 Å². The van der Waals surface area contributed by atoms with Crippen molar-refractivity contribution in [3.05, 3.63) is 52.3 Å². The van der Waals surface area contributed by atoms with Gasteiger partial charge in [-0.2, -0.15) is 0 Å². The van der Waals surface area contributed by atoms with Gasteiger partial charge >= 0.3 is 5.97 Å². The number of ether oxygens (including phenoxy) is 2. The standard InChI is InChI=1S/C13H11Cl2NO3/c14-9-3-4-12(10(15)8-9)18-6-7-19-13(17)11-2-1-5-16-11/h1-5,8,16H,6-7H2. The fraction of sp³-hybridized carbons (Fsp3) is 0.154. The number of hydrogen-bond donors (Lipinski definition) is 1. The van der Waals surface area contributed by atoms with Crippen molar-refractivity contribution >= 4 is 29.2 Å². The van der Waals surface area contributed by atoms with E-state index in [9.17, 15) is 4.79 Å². The van der Waals surface area contributed by atoms with Crippen molar-refractivity contribution in [1.29, 1.82) is 0 Å². The van der Waals surface area contributed by atoms with Gasteiger partial charge in [0.1, 0.15) is 24.7 Å². The first kappa shape index (κ1) is 13.8. The number of benzene rings is 1. The normalized spacial score (nSPS) is 10.2. The maximum Gasteiger partial charge on any atom is 0.354 e. The minimum absolute atomic E-state index is 0.136. The molecule has 0 amide bonds. The summed E-state index contributed by atoms with van der Waals surface area (Å²) in [5.41, 5.74) is 0.407. The molecule has 0 aliphatic heterocycles. The number of rotatable bonds is 5. The van der Waals surface area contributed by atoms with Gasteiger partial charge in [-0.1, -0.05) is 23.2 Å². The summed E-state index contributed by atoms with van der Waals surface area (Å²) in [5.74, 6) is 0.0813. The van der Waals surface area contributed by atoms with E-state index < -0.39 is 5.97 Å². The molecule has 0 bridgehead atoms. The molecule has 0 aliphatic rings. The largest absolute Gasteiger partial charge is 0.488 e. The summed E-state index contributed by atoms with van der Waals surface area (Å²) in [6.07, 6.45) is 1.65. The predicted octanol–water partition coefficient (Wildman–Crippen LogP) is 3.56. The Hall–Kier alpha value is -1.65. The van der Waals surface area contributed by atoms with Crippen molar-refractivity contribution in [3.63, 3.8) is 0 Å². The molecule has 1 heterocycles. The topological polar surface area (TPSA) is 51.3 Å². The number of carbonyl (C=O) groups excluding carboxylic acids is 1. The third kappa shape index (κ3) is 3.91. The number of aromatic nitrogens is 1. The zero-order valence-corrected chi connectivity index (χ0v) is 11.4. The Labute approximate surface area is 120 Å². The molecule has 1 aromatic heterocycles. The van der Waals surface area contributed by atoms with Crippen LogP contribution in [0.4, 0.5) is 0 Å². The van der Waals surface area contributed by atoms with Crippen molar-refractivity contribution < 1.29 is 14.3 Å². The summed E-state index contributed by atoms with van der Waals surface area (Å²) in [4.78, 5) is 14.2. The summed E-state index contributed by atoms with van der Waals surface area (Å²) in [7, 11) is 0. The first-order chi connectivity index (χ1) is 9.16. The van der Waals surface area contributed by atoms with Gasteiger partial charge in [0.25, 0.3) is 0 Å². The second kappa shape index (κ2) is 6.50. The first-order valence-electron chi connectivity index (χ1n) is 5.55. The zero-order valence-electron chi connectivity index (χ0n) is 9.86. The van der Waals surface area contributed by atoms with Crippen molar-refractivity contribution in [3.8, 4) is 5.75 Å². The van der Waals surface area contributed by atoms with Crippen LogP contribution in [0.2, 0.25) is 10.0 Å². The number of hydrogen-bond acceptors (Lipinski definition) is 3. The van der Waals surface area contributed by atoms with Crippen LogP contribution in [-0.4, -0.2) is 24.2 Å². The van der Waals surface area contributed by atoms with Gasteiger partial charge in [0, 0.05) is 11.2 Å². The number of aromatic amines is 1. The van der Waals surface area contributed by atoms with E-state index in [-0.39, 0.29) is 13.2 Å². The summed E-state index contributed by atoms with van der Waals surface area (Å²) >= 11 is 11.7. The van der Waals surface area contributed by atoms with Gasteiger partial charge in [0.2, 0.25) is 0 Å². The first-order valence-corrected chi connectivity index (χ1v) is 6.31. The van der Waals surface area contributed by atoms with Crippen molar-refractivity contribution in [1.82, 2.24) is 4.98 Å². The second-order valence-corrected chi connectivity index (χ2v) is 4.49. The highest BCUT2D eigenvalue weighted by molar-refractivity contribution is 6.35. The molecule has 0 saturated heterocycles. The van der Waals surface area contributed by atoms with E-state index in [1.165, 1.54) is 0 Å². The second-order valence-electron chi connectivity index (χ2n) is 3.64. The maximum absolute atomic E-state index is 11.5. The molecular formula is C13H11Cl2NO3. The Balaban J connectivity index is 1.76. The lowest BCUT2D eigenvalue weighted by Gasteiger charge is -2.08. The Bertz CT molecular complexity index is 555. The minimum atomic E-state index is -0.421. The lowest BCUT2D eigenvalue weighted by molar-refractivity contribution is 0.0444. The van der Waals surface area contributed by atoms with Gasteiger partial charge in [-0.3, -0.25) is 0 Å². The minimum Gasteiger partial charge on any atom is -0.488 e. The fourth-order valence-corrected chi connectivity index (χ4v) is 1.88. The number of H-pyrrole nitrogens is 1. The quantitative estimate of drug-likeness (QED) is 0.678. The van der Waals surface area contributed by atoms with Gasteiger partial charge in [0.05, 0.1) is 5.02 Å². The molecule has 19 heavy (non-hydrogen) atoms. The molecule has 6 heteroatoms. The highest BCUT2D eigenvalue weighted by Crippen LogP contribution is 2.27. The van der Waals surface area contributed by atoms with E-state index >= 15 is 0 Å². The number of carbonyl (C=O) groups is 1. The third-order valence-corrected chi connectivity index (χ3v) is 2.82. The van der Waals surface area contributed by atoms with E-state index in [2.05, 4.69) is 4.98 Å². The molecule has 0 spiro atoms. The molecule has 1 N–H and O–H groups in total. The molecule has 0 radical (unpaired) electrons. The van der Waals surface area contributed by atoms with Crippen LogP contribution in [0.1, 0.15) is 10.5 Å². The Morgan fingerprint density at radius 1 is 1.21 bits per heavy atom. The van der Waals surface area contributed by atoms with E-state index in [0.29, 0.717) is 21.5 Å².